The summed E-state index contributed by atoms with van der Waals surface area (Å²) in [7, 11) is 1.80. The van der Waals surface area contributed by atoms with Crippen LogP contribution in [0.25, 0.3) is 0 Å². The van der Waals surface area contributed by atoms with Crippen LogP contribution < -0.4 is 4.90 Å². The fourth-order valence-corrected chi connectivity index (χ4v) is 2.01. The Morgan fingerprint density at radius 1 is 1.32 bits per heavy atom. The maximum atomic E-state index is 10.8. The van der Waals surface area contributed by atoms with Crippen molar-refractivity contribution in [1.82, 2.24) is 4.98 Å². The summed E-state index contributed by atoms with van der Waals surface area (Å²) in [5.41, 5.74) is 1.90. The number of halogens is 1. The van der Waals surface area contributed by atoms with Crippen molar-refractivity contribution in [3.8, 4) is 0 Å². The fraction of sp³-hybridized carbons (Fsp3) is 0.154. The van der Waals surface area contributed by atoms with E-state index in [2.05, 4.69) is 4.98 Å². The van der Waals surface area contributed by atoms with Crippen molar-refractivity contribution in [3.63, 3.8) is 0 Å². The van der Waals surface area contributed by atoms with Gasteiger partial charge < -0.3 is 4.90 Å². The van der Waals surface area contributed by atoms with E-state index in [9.17, 15) is 10.1 Å². The van der Waals surface area contributed by atoms with Gasteiger partial charge in [0.15, 0.2) is 0 Å². The van der Waals surface area contributed by atoms with Crippen LogP contribution in [-0.4, -0.2) is 17.0 Å². The highest BCUT2D eigenvalue weighted by molar-refractivity contribution is 6.29. The summed E-state index contributed by atoms with van der Waals surface area (Å²) in [6, 6.07) is 10.3. The SMILES string of the molecule is Cc1ccccc1N(C)c1cc([N+](=O)[O-])cc(Cl)n1. The van der Waals surface area contributed by atoms with E-state index in [4.69, 9.17) is 11.6 Å². The lowest BCUT2D eigenvalue weighted by molar-refractivity contribution is -0.384. The number of nitrogens with zero attached hydrogens (tertiary/aromatic N) is 3. The van der Waals surface area contributed by atoms with E-state index < -0.39 is 4.92 Å². The van der Waals surface area contributed by atoms with Crippen LogP contribution in [-0.2, 0) is 0 Å². The Balaban J connectivity index is 2.47. The van der Waals surface area contributed by atoms with Crippen LogP contribution >= 0.6 is 11.6 Å². The van der Waals surface area contributed by atoms with Crippen LogP contribution in [0.1, 0.15) is 5.56 Å². The molecule has 0 aliphatic heterocycles. The summed E-state index contributed by atoms with van der Waals surface area (Å²) in [6.07, 6.45) is 0. The zero-order chi connectivity index (χ0) is 14.0. The first-order valence-electron chi connectivity index (χ1n) is 5.60. The van der Waals surface area contributed by atoms with Gasteiger partial charge in [-0.25, -0.2) is 4.98 Å². The summed E-state index contributed by atoms with van der Waals surface area (Å²) >= 11 is 5.82. The highest BCUT2D eigenvalue weighted by Gasteiger charge is 2.14. The zero-order valence-electron chi connectivity index (χ0n) is 10.5. The van der Waals surface area contributed by atoms with Crippen LogP contribution in [0.4, 0.5) is 17.2 Å². The predicted octanol–water partition coefficient (Wildman–Crippen LogP) is 3.72. The number of aromatic nitrogens is 1. The minimum Gasteiger partial charge on any atom is -0.329 e. The monoisotopic (exact) mass is 277 g/mol. The second kappa shape index (κ2) is 5.24. The Bertz CT molecular complexity index is 631. The molecular formula is C13H12ClN3O2. The number of hydrogen-bond donors (Lipinski definition) is 0. The van der Waals surface area contributed by atoms with Gasteiger partial charge in [-0.3, -0.25) is 10.1 Å². The molecule has 6 heteroatoms. The van der Waals surface area contributed by atoms with Crippen molar-refractivity contribution in [2.24, 2.45) is 0 Å². The molecule has 5 nitrogen and oxygen atoms in total. The summed E-state index contributed by atoms with van der Waals surface area (Å²) in [5.74, 6) is 0.438. The van der Waals surface area contributed by atoms with E-state index in [1.165, 1.54) is 12.1 Å². The molecule has 0 fully saturated rings. The maximum absolute atomic E-state index is 10.8. The maximum Gasteiger partial charge on any atom is 0.276 e. The average Bonchev–Trinajstić information content (AvgIpc) is 2.37. The molecular weight excluding hydrogens is 266 g/mol. The van der Waals surface area contributed by atoms with Crippen molar-refractivity contribution in [2.75, 3.05) is 11.9 Å². The van der Waals surface area contributed by atoms with Gasteiger partial charge in [0.1, 0.15) is 11.0 Å². The number of rotatable bonds is 3. The van der Waals surface area contributed by atoms with E-state index in [1.807, 2.05) is 31.2 Å². The number of hydrogen-bond acceptors (Lipinski definition) is 4. The minimum atomic E-state index is -0.483. The van der Waals surface area contributed by atoms with E-state index in [0.717, 1.165) is 11.3 Å². The fourth-order valence-electron chi connectivity index (χ4n) is 1.81. The molecule has 2 rings (SSSR count). The summed E-state index contributed by atoms with van der Waals surface area (Å²) in [5, 5.41) is 10.9. The molecule has 0 bridgehead atoms. The highest BCUT2D eigenvalue weighted by Crippen LogP contribution is 2.29. The van der Waals surface area contributed by atoms with Gasteiger partial charge in [-0.05, 0) is 18.6 Å². The molecule has 0 radical (unpaired) electrons. The van der Waals surface area contributed by atoms with Crippen molar-refractivity contribution >= 4 is 28.8 Å². The minimum absolute atomic E-state index is 0.0737. The number of nitro groups is 1. The Morgan fingerprint density at radius 2 is 2.00 bits per heavy atom. The summed E-state index contributed by atoms with van der Waals surface area (Å²) < 4.78 is 0. The Kier molecular flexibility index (Phi) is 3.66. The van der Waals surface area contributed by atoms with Crippen molar-refractivity contribution < 1.29 is 4.92 Å². The third-order valence-corrected chi connectivity index (χ3v) is 2.99. The molecule has 0 spiro atoms. The summed E-state index contributed by atoms with van der Waals surface area (Å²) in [4.78, 5) is 16.2. The standard InChI is InChI=1S/C13H12ClN3O2/c1-9-5-3-4-6-11(9)16(2)13-8-10(17(18)19)7-12(14)15-13/h3-8H,1-2H3. The third-order valence-electron chi connectivity index (χ3n) is 2.80. The first-order chi connectivity index (χ1) is 8.99. The lowest BCUT2D eigenvalue weighted by Crippen LogP contribution is -2.12. The number of benzene rings is 1. The van der Waals surface area contributed by atoms with Crippen LogP contribution in [0.2, 0.25) is 5.15 Å². The summed E-state index contributed by atoms with van der Waals surface area (Å²) in [6.45, 7) is 1.96. The predicted molar refractivity (Wildman–Crippen MR) is 75.1 cm³/mol. The molecule has 1 aromatic heterocycles. The highest BCUT2D eigenvalue weighted by atomic mass is 35.5. The van der Waals surface area contributed by atoms with Crippen LogP contribution in [0, 0.1) is 17.0 Å². The van der Waals surface area contributed by atoms with Crippen molar-refractivity contribution in [1.29, 1.82) is 0 Å². The Hall–Kier alpha value is -2.14. The normalized spacial score (nSPS) is 10.3. The van der Waals surface area contributed by atoms with Gasteiger partial charge in [-0.15, -0.1) is 0 Å². The van der Waals surface area contributed by atoms with E-state index in [1.54, 1.807) is 11.9 Å². The molecule has 0 saturated heterocycles. The van der Waals surface area contributed by atoms with Gasteiger partial charge >= 0.3 is 0 Å². The van der Waals surface area contributed by atoms with Crippen molar-refractivity contribution in [3.05, 3.63) is 57.2 Å². The lowest BCUT2D eigenvalue weighted by atomic mass is 10.2. The molecule has 1 aromatic carbocycles. The first-order valence-corrected chi connectivity index (χ1v) is 5.98. The smallest absolute Gasteiger partial charge is 0.276 e. The number of anilines is 2. The van der Waals surface area contributed by atoms with Gasteiger partial charge in [0.25, 0.3) is 5.69 Å². The molecule has 0 saturated carbocycles. The van der Waals surface area contributed by atoms with E-state index >= 15 is 0 Å². The topological polar surface area (TPSA) is 59.3 Å². The number of aryl methyl sites for hydroxylation is 1. The van der Waals surface area contributed by atoms with E-state index in [0.29, 0.717) is 5.82 Å². The molecule has 0 N–H and O–H groups in total. The van der Waals surface area contributed by atoms with Crippen LogP contribution in [0.15, 0.2) is 36.4 Å². The number of para-hydroxylation sites is 1. The zero-order valence-corrected chi connectivity index (χ0v) is 11.3. The molecule has 19 heavy (non-hydrogen) atoms. The largest absolute Gasteiger partial charge is 0.329 e. The van der Waals surface area contributed by atoms with Gasteiger partial charge in [0.2, 0.25) is 0 Å². The lowest BCUT2D eigenvalue weighted by Gasteiger charge is -2.20. The Morgan fingerprint density at radius 3 is 2.63 bits per heavy atom. The van der Waals surface area contributed by atoms with Gasteiger partial charge in [0.05, 0.1) is 17.1 Å². The van der Waals surface area contributed by atoms with Crippen LogP contribution in [0.3, 0.4) is 0 Å². The third kappa shape index (κ3) is 2.82. The molecule has 0 amide bonds. The van der Waals surface area contributed by atoms with Gasteiger partial charge in [-0.2, -0.15) is 0 Å². The number of pyridine rings is 1. The van der Waals surface area contributed by atoms with Gasteiger partial charge in [-0.1, -0.05) is 29.8 Å². The van der Waals surface area contributed by atoms with Gasteiger partial charge in [0, 0.05) is 12.7 Å². The molecule has 0 aliphatic rings. The molecule has 0 aliphatic carbocycles. The molecule has 1 heterocycles. The second-order valence-corrected chi connectivity index (χ2v) is 4.50. The molecule has 2 aromatic rings. The molecule has 0 atom stereocenters. The molecule has 0 unspecified atom stereocenters. The quantitative estimate of drug-likeness (QED) is 0.487. The average molecular weight is 278 g/mol. The Labute approximate surface area is 115 Å². The molecule has 98 valence electrons. The van der Waals surface area contributed by atoms with Crippen LogP contribution in [0.5, 0.6) is 0 Å². The second-order valence-electron chi connectivity index (χ2n) is 4.11. The van der Waals surface area contributed by atoms with E-state index in [-0.39, 0.29) is 10.8 Å². The first kappa shape index (κ1) is 13.3. The van der Waals surface area contributed by atoms with Crippen molar-refractivity contribution in [2.45, 2.75) is 6.92 Å².